The third-order valence-electron chi connectivity index (χ3n) is 3.46. The van der Waals surface area contributed by atoms with Gasteiger partial charge in [0.15, 0.2) is 18.1 Å². The van der Waals surface area contributed by atoms with Gasteiger partial charge < -0.3 is 19.1 Å². The van der Waals surface area contributed by atoms with Crippen LogP contribution < -0.4 is 14.9 Å². The molecule has 2 N–H and O–H groups in total. The first kappa shape index (κ1) is 19.5. The molecule has 0 saturated carbocycles. The van der Waals surface area contributed by atoms with Gasteiger partial charge >= 0.3 is 5.97 Å². The van der Waals surface area contributed by atoms with Gasteiger partial charge in [0, 0.05) is 23.3 Å². The number of nitrogens with one attached hydrogen (secondary N) is 1. The van der Waals surface area contributed by atoms with Crippen molar-refractivity contribution in [2.75, 3.05) is 13.7 Å². The number of carboxylic acid groups (broad SMARTS) is 1. The third-order valence-corrected chi connectivity index (χ3v) is 3.90. The Kier molecular flexibility index (Phi) is 6.40. The van der Waals surface area contributed by atoms with E-state index in [1.165, 1.54) is 7.11 Å². The van der Waals surface area contributed by atoms with E-state index in [1.807, 2.05) is 0 Å². The molecule has 138 valence electrons. The largest absolute Gasteiger partial charge is 0.493 e. The van der Waals surface area contributed by atoms with Gasteiger partial charge in [-0.1, -0.05) is 0 Å². The molecule has 0 aliphatic heterocycles. The van der Waals surface area contributed by atoms with Crippen molar-refractivity contribution < 1.29 is 24.2 Å². The molecule has 0 fully saturated rings. The fourth-order valence-electron chi connectivity index (χ4n) is 2.16. The molecule has 0 aliphatic rings. The fraction of sp³-hybridized carbons (Fsp3) is 0.235. The zero-order chi connectivity index (χ0) is 19.3. The number of halogens is 1. The van der Waals surface area contributed by atoms with Crippen LogP contribution in [0.5, 0.6) is 11.5 Å². The number of nitrogens with zero attached hydrogens (tertiary/aromatic N) is 2. The van der Waals surface area contributed by atoms with Gasteiger partial charge in [-0.2, -0.15) is 5.10 Å². The minimum atomic E-state index is -1.08. The molecule has 0 spiro atoms. The second-order valence-electron chi connectivity index (χ2n) is 5.34. The van der Waals surface area contributed by atoms with E-state index in [0.717, 1.165) is 4.47 Å². The molecule has 1 aromatic heterocycles. The number of carbonyl (C=O) groups excluding carboxylic acids is 1. The number of carbonyl (C=O) groups is 2. The lowest BCUT2D eigenvalue weighted by Crippen LogP contribution is -2.21. The second-order valence-corrected chi connectivity index (χ2v) is 6.26. The predicted octanol–water partition coefficient (Wildman–Crippen LogP) is 2.41. The quantitative estimate of drug-likeness (QED) is 0.525. The number of amides is 1. The first-order chi connectivity index (χ1) is 12.3. The molecular weight excluding hydrogens is 406 g/mol. The highest BCUT2D eigenvalue weighted by Crippen LogP contribution is 2.28. The fourth-order valence-corrected chi connectivity index (χ4v) is 2.68. The summed E-state index contributed by atoms with van der Waals surface area (Å²) in [4.78, 5) is 22.8. The van der Waals surface area contributed by atoms with Crippen molar-refractivity contribution in [2.24, 2.45) is 12.1 Å². The van der Waals surface area contributed by atoms with Crippen LogP contribution in [0.15, 0.2) is 40.0 Å². The van der Waals surface area contributed by atoms with E-state index in [9.17, 15) is 9.59 Å². The highest BCUT2D eigenvalue weighted by atomic mass is 79.9. The molecule has 2 rings (SSSR count). The van der Waals surface area contributed by atoms with Gasteiger partial charge in [0.05, 0.1) is 12.8 Å². The van der Waals surface area contributed by atoms with Crippen LogP contribution in [0.3, 0.4) is 0 Å². The van der Waals surface area contributed by atoms with Crippen molar-refractivity contribution in [3.8, 4) is 11.5 Å². The molecule has 8 nitrogen and oxygen atoms in total. The number of ether oxygens (including phenoxy) is 2. The van der Waals surface area contributed by atoms with E-state index in [-0.39, 0.29) is 5.91 Å². The van der Waals surface area contributed by atoms with E-state index >= 15 is 0 Å². The molecular formula is C17H18BrN3O5. The van der Waals surface area contributed by atoms with E-state index < -0.39 is 12.6 Å². The van der Waals surface area contributed by atoms with Crippen molar-refractivity contribution in [1.82, 2.24) is 9.99 Å². The van der Waals surface area contributed by atoms with Crippen LogP contribution in [-0.4, -0.2) is 41.0 Å². The van der Waals surface area contributed by atoms with E-state index in [1.54, 1.807) is 49.0 Å². The molecule has 1 heterocycles. The molecule has 0 bridgehead atoms. The topological polar surface area (TPSA) is 102 Å². The first-order valence-corrected chi connectivity index (χ1v) is 8.30. The minimum Gasteiger partial charge on any atom is -0.493 e. The summed E-state index contributed by atoms with van der Waals surface area (Å²) >= 11 is 3.31. The van der Waals surface area contributed by atoms with Crippen molar-refractivity contribution in [3.05, 3.63) is 46.2 Å². The van der Waals surface area contributed by atoms with Crippen molar-refractivity contribution in [1.29, 1.82) is 0 Å². The Morgan fingerprint density at radius 1 is 1.31 bits per heavy atom. The van der Waals surface area contributed by atoms with Crippen molar-refractivity contribution in [2.45, 2.75) is 6.92 Å². The maximum atomic E-state index is 12.2. The Morgan fingerprint density at radius 2 is 2.04 bits per heavy atom. The SMILES string of the molecule is COc1cc(/C(C)=N/NC(=O)c2cc(Br)cn2C)ccc1OCC(=O)O. The number of hydrogen-bond acceptors (Lipinski definition) is 5. The van der Waals surface area contributed by atoms with Crippen LogP contribution in [0.1, 0.15) is 23.0 Å². The highest BCUT2D eigenvalue weighted by molar-refractivity contribution is 9.10. The number of aryl methyl sites for hydroxylation is 1. The zero-order valence-corrected chi connectivity index (χ0v) is 16.0. The lowest BCUT2D eigenvalue weighted by Gasteiger charge is -2.11. The molecule has 2 aromatic rings. The number of carboxylic acids is 1. The Balaban J connectivity index is 2.14. The lowest BCUT2D eigenvalue weighted by atomic mass is 10.1. The van der Waals surface area contributed by atoms with Gasteiger partial charge in [-0.05, 0) is 47.1 Å². The second kappa shape index (κ2) is 8.52. The molecule has 0 aliphatic carbocycles. The summed E-state index contributed by atoms with van der Waals surface area (Å²) in [5, 5.41) is 12.8. The van der Waals surface area contributed by atoms with Gasteiger partial charge in [-0.3, -0.25) is 4.79 Å². The van der Waals surface area contributed by atoms with Gasteiger partial charge in [0.25, 0.3) is 5.91 Å². The smallest absolute Gasteiger partial charge is 0.341 e. The highest BCUT2D eigenvalue weighted by Gasteiger charge is 2.12. The molecule has 9 heteroatoms. The zero-order valence-electron chi connectivity index (χ0n) is 14.4. The van der Waals surface area contributed by atoms with Gasteiger partial charge in [0.1, 0.15) is 5.69 Å². The summed E-state index contributed by atoms with van der Waals surface area (Å²) < 4.78 is 12.8. The number of hydrogen-bond donors (Lipinski definition) is 2. The number of benzene rings is 1. The van der Waals surface area contributed by atoms with Crippen LogP contribution in [0, 0.1) is 0 Å². The molecule has 0 unspecified atom stereocenters. The van der Waals surface area contributed by atoms with E-state index in [2.05, 4.69) is 26.5 Å². The number of aromatic nitrogens is 1. The van der Waals surface area contributed by atoms with Gasteiger partial charge in [0.2, 0.25) is 0 Å². The number of hydrazone groups is 1. The monoisotopic (exact) mass is 423 g/mol. The first-order valence-electron chi connectivity index (χ1n) is 7.51. The minimum absolute atomic E-state index is 0.309. The summed E-state index contributed by atoms with van der Waals surface area (Å²) in [6, 6.07) is 6.63. The van der Waals surface area contributed by atoms with E-state index in [4.69, 9.17) is 14.6 Å². The Bertz CT molecular complexity index is 860. The van der Waals surface area contributed by atoms with Gasteiger partial charge in [-0.25, -0.2) is 10.2 Å². The number of aliphatic carboxylic acids is 1. The maximum absolute atomic E-state index is 12.2. The van der Waals surface area contributed by atoms with Crippen LogP contribution in [0.4, 0.5) is 0 Å². The Hall–Kier alpha value is -2.81. The Morgan fingerprint density at radius 3 is 2.62 bits per heavy atom. The molecule has 0 saturated heterocycles. The average Bonchev–Trinajstić information content (AvgIpc) is 2.95. The van der Waals surface area contributed by atoms with Gasteiger partial charge in [-0.15, -0.1) is 0 Å². The van der Waals surface area contributed by atoms with Crippen molar-refractivity contribution in [3.63, 3.8) is 0 Å². The van der Waals surface area contributed by atoms with Crippen LogP contribution in [-0.2, 0) is 11.8 Å². The maximum Gasteiger partial charge on any atom is 0.341 e. The summed E-state index contributed by atoms with van der Waals surface area (Å²) in [6.07, 6.45) is 1.77. The lowest BCUT2D eigenvalue weighted by molar-refractivity contribution is -0.139. The van der Waals surface area contributed by atoms with Crippen LogP contribution in [0.25, 0.3) is 0 Å². The van der Waals surface area contributed by atoms with Crippen LogP contribution >= 0.6 is 15.9 Å². The third kappa shape index (κ3) is 4.85. The normalized spacial score (nSPS) is 11.2. The van der Waals surface area contributed by atoms with Crippen LogP contribution in [0.2, 0.25) is 0 Å². The summed E-state index contributed by atoms with van der Waals surface area (Å²) in [5.41, 5.74) is 4.21. The Labute approximate surface area is 158 Å². The summed E-state index contributed by atoms with van der Waals surface area (Å²) in [6.45, 7) is 1.26. The number of rotatable bonds is 7. The standard InChI is InChI=1S/C17H18BrN3O5/c1-10(19-20-17(24)13-7-12(18)8-21(13)2)11-4-5-14(15(6-11)25-3)26-9-16(22)23/h4-8H,9H2,1-3H3,(H,20,24)(H,22,23)/b19-10+. The molecule has 1 aromatic carbocycles. The average molecular weight is 424 g/mol. The molecule has 1 amide bonds. The predicted molar refractivity (Wildman–Crippen MR) is 98.9 cm³/mol. The summed E-state index contributed by atoms with van der Waals surface area (Å²) in [7, 11) is 3.21. The number of methoxy groups -OCH3 is 1. The van der Waals surface area contributed by atoms with Crippen molar-refractivity contribution >= 4 is 33.5 Å². The van der Waals surface area contributed by atoms with E-state index in [0.29, 0.717) is 28.5 Å². The molecule has 0 atom stereocenters. The molecule has 0 radical (unpaired) electrons. The summed E-state index contributed by atoms with van der Waals surface area (Å²) in [5.74, 6) is -0.741. The molecule has 26 heavy (non-hydrogen) atoms.